The molecule has 1 aromatic carbocycles. The van der Waals surface area contributed by atoms with E-state index in [1.54, 1.807) is 0 Å². The normalized spacial score (nSPS) is 11.3. The van der Waals surface area contributed by atoms with Crippen LogP contribution in [0.25, 0.3) is 0 Å². The molecule has 0 aliphatic heterocycles. The number of rotatable bonds is 9. The number of ether oxygens (including phenoxy) is 1. The van der Waals surface area contributed by atoms with Crippen molar-refractivity contribution in [3.63, 3.8) is 0 Å². The van der Waals surface area contributed by atoms with E-state index in [2.05, 4.69) is 56.4 Å². The Kier molecular flexibility index (Phi) is 7.53. The topological polar surface area (TPSA) is 24.5 Å². The molecule has 3 nitrogen and oxygen atoms in total. The van der Waals surface area contributed by atoms with Gasteiger partial charge in [-0.15, -0.1) is 0 Å². The molecule has 0 aliphatic rings. The zero-order chi connectivity index (χ0) is 14.1. The summed E-state index contributed by atoms with van der Waals surface area (Å²) in [5.41, 5.74) is 1.28. The van der Waals surface area contributed by atoms with Crippen LogP contribution in [0.4, 0.5) is 0 Å². The van der Waals surface area contributed by atoms with Crippen molar-refractivity contribution in [2.75, 3.05) is 27.2 Å². The van der Waals surface area contributed by atoms with Gasteiger partial charge in [-0.2, -0.15) is 0 Å². The predicted octanol–water partition coefficient (Wildman–Crippen LogP) is 2.91. The van der Waals surface area contributed by atoms with Gasteiger partial charge in [-0.25, -0.2) is 0 Å². The molecule has 0 saturated carbocycles. The number of hydrogen-bond acceptors (Lipinski definition) is 3. The standard InChI is InChI=1S/C16H28N2O/c1-14(2)19-16-9-7-8-15(12-16)13-17-10-5-6-11-18(3)4/h7-9,12,14,17H,5-6,10-11,13H2,1-4H3. The largest absolute Gasteiger partial charge is 0.491 e. The minimum atomic E-state index is 0.231. The minimum absolute atomic E-state index is 0.231. The highest BCUT2D eigenvalue weighted by Crippen LogP contribution is 2.14. The lowest BCUT2D eigenvalue weighted by molar-refractivity contribution is 0.242. The Bertz CT molecular complexity index is 350. The van der Waals surface area contributed by atoms with E-state index in [-0.39, 0.29) is 6.10 Å². The highest BCUT2D eigenvalue weighted by atomic mass is 16.5. The van der Waals surface area contributed by atoms with Crippen LogP contribution >= 0.6 is 0 Å². The maximum absolute atomic E-state index is 5.69. The molecular formula is C16H28N2O. The molecule has 19 heavy (non-hydrogen) atoms. The molecule has 1 N–H and O–H groups in total. The van der Waals surface area contributed by atoms with Gasteiger partial charge in [-0.3, -0.25) is 0 Å². The summed E-state index contributed by atoms with van der Waals surface area (Å²) in [6, 6.07) is 8.33. The summed E-state index contributed by atoms with van der Waals surface area (Å²) in [7, 11) is 4.24. The quantitative estimate of drug-likeness (QED) is 0.694. The van der Waals surface area contributed by atoms with E-state index < -0.39 is 0 Å². The summed E-state index contributed by atoms with van der Waals surface area (Å²) in [6.45, 7) is 7.26. The third-order valence-corrected chi connectivity index (χ3v) is 2.81. The maximum Gasteiger partial charge on any atom is 0.120 e. The Balaban J connectivity index is 2.22. The number of nitrogens with one attached hydrogen (secondary N) is 1. The van der Waals surface area contributed by atoms with E-state index >= 15 is 0 Å². The van der Waals surface area contributed by atoms with Crippen molar-refractivity contribution in [3.8, 4) is 5.75 Å². The van der Waals surface area contributed by atoms with E-state index in [0.717, 1.165) is 18.8 Å². The highest BCUT2D eigenvalue weighted by Gasteiger charge is 1.99. The van der Waals surface area contributed by atoms with Crippen LogP contribution in [-0.2, 0) is 6.54 Å². The van der Waals surface area contributed by atoms with E-state index in [1.807, 2.05) is 6.07 Å². The lowest BCUT2D eigenvalue weighted by Gasteiger charge is -2.12. The summed E-state index contributed by atoms with van der Waals surface area (Å²) in [6.07, 6.45) is 2.70. The Morgan fingerprint density at radius 1 is 1.21 bits per heavy atom. The second-order valence-corrected chi connectivity index (χ2v) is 5.50. The molecule has 0 aliphatic carbocycles. The van der Waals surface area contributed by atoms with Crippen LogP contribution in [0.5, 0.6) is 5.75 Å². The number of hydrogen-bond donors (Lipinski definition) is 1. The summed E-state index contributed by atoms with van der Waals surface area (Å²) >= 11 is 0. The Morgan fingerprint density at radius 2 is 2.00 bits per heavy atom. The fourth-order valence-electron chi connectivity index (χ4n) is 1.91. The van der Waals surface area contributed by atoms with Crippen molar-refractivity contribution in [1.82, 2.24) is 10.2 Å². The van der Waals surface area contributed by atoms with E-state index in [9.17, 15) is 0 Å². The van der Waals surface area contributed by atoms with Gasteiger partial charge < -0.3 is 15.0 Å². The SMILES string of the molecule is CC(C)Oc1cccc(CNCCCCN(C)C)c1. The molecule has 0 spiro atoms. The first-order valence-corrected chi connectivity index (χ1v) is 7.19. The number of benzene rings is 1. The molecule has 1 aromatic rings. The second-order valence-electron chi connectivity index (χ2n) is 5.50. The van der Waals surface area contributed by atoms with Crippen LogP contribution in [0.2, 0.25) is 0 Å². The molecule has 0 amide bonds. The average molecular weight is 264 g/mol. The van der Waals surface area contributed by atoms with Crippen molar-refractivity contribution in [1.29, 1.82) is 0 Å². The average Bonchev–Trinajstić information content (AvgIpc) is 2.33. The van der Waals surface area contributed by atoms with Crippen molar-refractivity contribution in [2.24, 2.45) is 0 Å². The summed E-state index contributed by atoms with van der Waals surface area (Å²) in [5, 5.41) is 3.48. The molecule has 0 aromatic heterocycles. The van der Waals surface area contributed by atoms with Gasteiger partial charge in [0.1, 0.15) is 5.75 Å². The van der Waals surface area contributed by atoms with Crippen LogP contribution in [0, 0.1) is 0 Å². The van der Waals surface area contributed by atoms with Crippen molar-refractivity contribution in [3.05, 3.63) is 29.8 Å². The van der Waals surface area contributed by atoms with Gasteiger partial charge in [0.05, 0.1) is 6.10 Å². The lowest BCUT2D eigenvalue weighted by Crippen LogP contribution is -2.18. The molecule has 3 heteroatoms. The zero-order valence-electron chi connectivity index (χ0n) is 12.8. The lowest BCUT2D eigenvalue weighted by atomic mass is 10.2. The number of unbranched alkanes of at least 4 members (excludes halogenated alkanes) is 1. The molecule has 0 heterocycles. The van der Waals surface area contributed by atoms with Crippen LogP contribution in [0.1, 0.15) is 32.3 Å². The van der Waals surface area contributed by atoms with E-state index in [1.165, 1.54) is 24.9 Å². The summed E-state index contributed by atoms with van der Waals surface area (Å²) < 4.78 is 5.69. The van der Waals surface area contributed by atoms with E-state index in [0.29, 0.717) is 0 Å². The highest BCUT2D eigenvalue weighted by molar-refractivity contribution is 5.28. The predicted molar refractivity (Wildman–Crippen MR) is 81.7 cm³/mol. The fourth-order valence-corrected chi connectivity index (χ4v) is 1.91. The van der Waals surface area contributed by atoms with Crippen molar-refractivity contribution in [2.45, 2.75) is 39.3 Å². The smallest absolute Gasteiger partial charge is 0.120 e. The molecule has 0 fully saturated rings. The van der Waals surface area contributed by atoms with Gasteiger partial charge in [0, 0.05) is 6.54 Å². The molecule has 1 rings (SSSR count). The minimum Gasteiger partial charge on any atom is -0.491 e. The Labute approximate surface area is 118 Å². The number of nitrogens with zero attached hydrogens (tertiary/aromatic N) is 1. The first-order valence-electron chi connectivity index (χ1n) is 7.19. The molecule has 0 bridgehead atoms. The third kappa shape index (κ3) is 7.85. The van der Waals surface area contributed by atoms with Gasteiger partial charge >= 0.3 is 0 Å². The monoisotopic (exact) mass is 264 g/mol. The van der Waals surface area contributed by atoms with E-state index in [4.69, 9.17) is 4.74 Å². The van der Waals surface area contributed by atoms with Gasteiger partial charge in [0.25, 0.3) is 0 Å². The van der Waals surface area contributed by atoms with Crippen LogP contribution < -0.4 is 10.1 Å². The fraction of sp³-hybridized carbons (Fsp3) is 0.625. The van der Waals surface area contributed by atoms with Crippen molar-refractivity contribution >= 4 is 0 Å². The molecule has 108 valence electrons. The van der Waals surface area contributed by atoms with Crippen molar-refractivity contribution < 1.29 is 4.74 Å². The van der Waals surface area contributed by atoms with Crippen LogP contribution in [0.15, 0.2) is 24.3 Å². The maximum atomic E-state index is 5.69. The molecule has 0 saturated heterocycles. The first-order chi connectivity index (χ1) is 9.08. The molecule has 0 radical (unpaired) electrons. The van der Waals surface area contributed by atoms with Gasteiger partial charge in [-0.05, 0) is 71.6 Å². The first kappa shape index (κ1) is 16.0. The molecule has 0 atom stereocenters. The van der Waals surface area contributed by atoms with Crippen LogP contribution in [0.3, 0.4) is 0 Å². The second kappa shape index (κ2) is 8.94. The van der Waals surface area contributed by atoms with Crippen LogP contribution in [-0.4, -0.2) is 38.2 Å². The Morgan fingerprint density at radius 3 is 2.68 bits per heavy atom. The zero-order valence-corrected chi connectivity index (χ0v) is 12.8. The van der Waals surface area contributed by atoms with Gasteiger partial charge in [-0.1, -0.05) is 12.1 Å². The van der Waals surface area contributed by atoms with Gasteiger partial charge in [0.2, 0.25) is 0 Å². The molecule has 0 unspecified atom stereocenters. The molecular weight excluding hydrogens is 236 g/mol. The van der Waals surface area contributed by atoms with Gasteiger partial charge in [0.15, 0.2) is 0 Å². The Hall–Kier alpha value is -1.06. The summed E-state index contributed by atoms with van der Waals surface area (Å²) in [5.74, 6) is 0.960. The third-order valence-electron chi connectivity index (χ3n) is 2.81. The summed E-state index contributed by atoms with van der Waals surface area (Å²) in [4.78, 5) is 2.23.